The molecule has 1 heterocycles. The largest absolute Gasteiger partial charge is 0.492 e. The summed E-state index contributed by atoms with van der Waals surface area (Å²) in [6.45, 7) is 1.30. The molecule has 1 aliphatic heterocycles. The molecule has 0 amide bonds. The summed E-state index contributed by atoms with van der Waals surface area (Å²) in [4.78, 5) is 0. The Hall–Kier alpha value is -0.440. The Balaban J connectivity index is 2.50. The van der Waals surface area contributed by atoms with Crippen molar-refractivity contribution >= 4 is 23.2 Å². The van der Waals surface area contributed by atoms with E-state index in [2.05, 4.69) is 0 Å². The monoisotopic (exact) mass is 245 g/mol. The highest BCUT2D eigenvalue weighted by Crippen LogP contribution is 2.39. The normalized spacial score (nSPS) is 20.3. The first kappa shape index (κ1) is 11.1. The molecule has 4 heteroatoms. The van der Waals surface area contributed by atoms with Gasteiger partial charge in [0.2, 0.25) is 0 Å². The maximum Gasteiger partial charge on any atom is 0.141 e. The molecule has 0 fully saturated rings. The van der Waals surface area contributed by atoms with Crippen LogP contribution in [0.3, 0.4) is 0 Å². The van der Waals surface area contributed by atoms with Gasteiger partial charge >= 0.3 is 0 Å². The number of hydrogen-bond donors (Lipinski definition) is 1. The van der Waals surface area contributed by atoms with E-state index in [1.807, 2.05) is 6.07 Å². The highest BCUT2D eigenvalue weighted by Gasteiger charge is 2.21. The number of halogens is 2. The second kappa shape index (κ2) is 4.60. The smallest absolute Gasteiger partial charge is 0.141 e. The summed E-state index contributed by atoms with van der Waals surface area (Å²) < 4.78 is 5.62. The van der Waals surface area contributed by atoms with Crippen LogP contribution < -0.4 is 10.5 Å². The first-order valence-corrected chi connectivity index (χ1v) is 5.79. The van der Waals surface area contributed by atoms with Crippen molar-refractivity contribution < 1.29 is 4.74 Å². The maximum atomic E-state index is 6.09. The van der Waals surface area contributed by atoms with Gasteiger partial charge in [0.15, 0.2) is 0 Å². The third kappa shape index (κ3) is 2.22. The zero-order valence-electron chi connectivity index (χ0n) is 8.30. The van der Waals surface area contributed by atoms with Gasteiger partial charge in [-0.2, -0.15) is 0 Å². The molecule has 1 aromatic carbocycles. The second-order valence-corrected chi connectivity index (χ2v) is 4.57. The van der Waals surface area contributed by atoms with Crippen molar-refractivity contribution in [3.8, 4) is 5.75 Å². The van der Waals surface area contributed by atoms with Crippen LogP contribution >= 0.6 is 23.2 Å². The molecule has 2 N–H and O–H groups in total. The van der Waals surface area contributed by atoms with Crippen LogP contribution in [0.2, 0.25) is 10.0 Å². The van der Waals surface area contributed by atoms with E-state index in [9.17, 15) is 0 Å². The molecule has 82 valence electrons. The molecule has 1 aliphatic rings. The van der Waals surface area contributed by atoms with Gasteiger partial charge in [-0.1, -0.05) is 23.2 Å². The lowest BCUT2D eigenvalue weighted by molar-refractivity contribution is 0.316. The van der Waals surface area contributed by atoms with E-state index in [0.29, 0.717) is 29.1 Å². The minimum Gasteiger partial charge on any atom is -0.492 e. The summed E-state index contributed by atoms with van der Waals surface area (Å²) in [5, 5.41) is 1.22. The number of fused-ring (bicyclic) bond motifs is 1. The van der Waals surface area contributed by atoms with Crippen LogP contribution in [0.25, 0.3) is 0 Å². The summed E-state index contributed by atoms with van der Waals surface area (Å²) in [7, 11) is 0. The number of benzene rings is 1. The fraction of sp³-hybridized carbons (Fsp3) is 0.455. The molecule has 1 aromatic rings. The molecule has 0 saturated heterocycles. The van der Waals surface area contributed by atoms with Gasteiger partial charge in [-0.15, -0.1) is 0 Å². The molecule has 15 heavy (non-hydrogen) atoms. The summed E-state index contributed by atoms with van der Waals surface area (Å²) in [5.74, 6) is 1.06. The van der Waals surface area contributed by atoms with Crippen molar-refractivity contribution in [3.63, 3.8) is 0 Å². The molecular formula is C11H13Cl2NO. The Labute approximate surface area is 99.3 Å². The Morgan fingerprint density at radius 3 is 2.93 bits per heavy atom. The van der Waals surface area contributed by atoms with E-state index < -0.39 is 0 Å². The van der Waals surface area contributed by atoms with E-state index in [1.165, 1.54) is 0 Å². The molecule has 0 aromatic heterocycles. The SMILES string of the molecule is NCC1CCCOc2c(Cl)cc(Cl)cc21. The van der Waals surface area contributed by atoms with Gasteiger partial charge in [0, 0.05) is 16.5 Å². The molecule has 2 rings (SSSR count). The van der Waals surface area contributed by atoms with Crippen molar-refractivity contribution in [3.05, 3.63) is 27.7 Å². The van der Waals surface area contributed by atoms with E-state index in [4.69, 9.17) is 33.7 Å². The Morgan fingerprint density at radius 2 is 2.20 bits per heavy atom. The molecule has 0 bridgehead atoms. The first-order valence-electron chi connectivity index (χ1n) is 5.04. The molecule has 1 unspecified atom stereocenters. The maximum absolute atomic E-state index is 6.09. The minimum atomic E-state index is 0.304. The third-order valence-corrected chi connectivity index (χ3v) is 3.20. The summed E-state index contributed by atoms with van der Waals surface area (Å²) >= 11 is 12.1. The van der Waals surface area contributed by atoms with Gasteiger partial charge in [0.05, 0.1) is 11.6 Å². The molecule has 0 spiro atoms. The number of ether oxygens (including phenoxy) is 1. The number of nitrogens with two attached hydrogens (primary N) is 1. The van der Waals surface area contributed by atoms with Crippen LogP contribution in [0.4, 0.5) is 0 Å². The van der Waals surface area contributed by atoms with Crippen LogP contribution in [0, 0.1) is 0 Å². The Bertz CT molecular complexity index is 368. The van der Waals surface area contributed by atoms with Gasteiger partial charge in [0.25, 0.3) is 0 Å². The van der Waals surface area contributed by atoms with E-state index in [-0.39, 0.29) is 0 Å². The van der Waals surface area contributed by atoms with Crippen LogP contribution in [0.15, 0.2) is 12.1 Å². The average molecular weight is 246 g/mol. The molecule has 1 atom stereocenters. The van der Waals surface area contributed by atoms with E-state index in [1.54, 1.807) is 6.07 Å². The van der Waals surface area contributed by atoms with Crippen LogP contribution in [-0.2, 0) is 0 Å². The Kier molecular flexibility index (Phi) is 3.39. The zero-order chi connectivity index (χ0) is 10.8. The fourth-order valence-electron chi connectivity index (χ4n) is 1.94. The molecule has 0 aliphatic carbocycles. The number of rotatable bonds is 1. The quantitative estimate of drug-likeness (QED) is 0.825. The molecular weight excluding hydrogens is 233 g/mol. The minimum absolute atomic E-state index is 0.304. The lowest BCUT2D eigenvalue weighted by atomic mass is 9.94. The highest BCUT2D eigenvalue weighted by atomic mass is 35.5. The fourth-order valence-corrected chi connectivity index (χ4v) is 2.50. The Morgan fingerprint density at radius 1 is 1.40 bits per heavy atom. The van der Waals surface area contributed by atoms with Crippen molar-refractivity contribution in [2.45, 2.75) is 18.8 Å². The summed E-state index contributed by atoms with van der Waals surface area (Å²) in [6, 6.07) is 3.62. The van der Waals surface area contributed by atoms with Crippen molar-refractivity contribution in [2.24, 2.45) is 5.73 Å². The van der Waals surface area contributed by atoms with Crippen LogP contribution in [-0.4, -0.2) is 13.2 Å². The van der Waals surface area contributed by atoms with Gasteiger partial charge in [0.1, 0.15) is 5.75 Å². The molecule has 2 nitrogen and oxygen atoms in total. The standard InChI is InChI=1S/C11H13Cl2NO/c12-8-4-9-7(6-14)2-1-3-15-11(9)10(13)5-8/h4-5,7H,1-3,6,14H2. The summed E-state index contributed by atoms with van der Waals surface area (Å²) in [6.07, 6.45) is 2.03. The van der Waals surface area contributed by atoms with Gasteiger partial charge in [-0.3, -0.25) is 0 Å². The van der Waals surface area contributed by atoms with E-state index >= 15 is 0 Å². The van der Waals surface area contributed by atoms with Gasteiger partial charge in [-0.25, -0.2) is 0 Å². The second-order valence-electron chi connectivity index (χ2n) is 3.73. The average Bonchev–Trinajstić information content (AvgIpc) is 2.39. The first-order chi connectivity index (χ1) is 7.22. The van der Waals surface area contributed by atoms with Crippen LogP contribution in [0.5, 0.6) is 5.75 Å². The van der Waals surface area contributed by atoms with Crippen molar-refractivity contribution in [1.29, 1.82) is 0 Å². The molecule has 0 saturated carbocycles. The van der Waals surface area contributed by atoms with Crippen LogP contribution in [0.1, 0.15) is 24.3 Å². The predicted octanol–water partition coefficient (Wildman–Crippen LogP) is 3.21. The van der Waals surface area contributed by atoms with Gasteiger partial charge in [-0.05, 0) is 31.5 Å². The van der Waals surface area contributed by atoms with Gasteiger partial charge < -0.3 is 10.5 Å². The number of hydrogen-bond acceptors (Lipinski definition) is 2. The van der Waals surface area contributed by atoms with Crippen molar-refractivity contribution in [1.82, 2.24) is 0 Å². The van der Waals surface area contributed by atoms with Crippen molar-refractivity contribution in [2.75, 3.05) is 13.2 Å². The predicted molar refractivity (Wildman–Crippen MR) is 63.0 cm³/mol. The topological polar surface area (TPSA) is 35.2 Å². The third-order valence-electron chi connectivity index (χ3n) is 2.70. The lowest BCUT2D eigenvalue weighted by Gasteiger charge is -2.15. The molecule has 0 radical (unpaired) electrons. The zero-order valence-corrected chi connectivity index (χ0v) is 9.81. The van der Waals surface area contributed by atoms with E-state index in [0.717, 1.165) is 24.2 Å². The summed E-state index contributed by atoms with van der Waals surface area (Å²) in [5.41, 5.74) is 6.79. The lowest BCUT2D eigenvalue weighted by Crippen LogP contribution is -2.11. The highest BCUT2D eigenvalue weighted by molar-refractivity contribution is 6.35.